The minimum Gasteiger partial charge on any atom is -0.444 e. The summed E-state index contributed by atoms with van der Waals surface area (Å²) in [6, 6.07) is 3.51. The number of carbonyl (C=O) groups is 5. The molecule has 5 atom stereocenters. The first-order valence-electron chi connectivity index (χ1n) is 17.6. The van der Waals surface area contributed by atoms with Gasteiger partial charge in [0.05, 0.1) is 18.3 Å². The Bertz CT molecular complexity index is 1730. The summed E-state index contributed by atoms with van der Waals surface area (Å²) in [5, 5.41) is 4.87. The van der Waals surface area contributed by atoms with Gasteiger partial charge in [0, 0.05) is 23.4 Å². The van der Waals surface area contributed by atoms with Crippen molar-refractivity contribution < 1.29 is 41.9 Å². The molecule has 3 aliphatic heterocycles. The Morgan fingerprint density at radius 1 is 1.06 bits per heavy atom. The largest absolute Gasteiger partial charge is 0.444 e. The molecule has 0 aromatic heterocycles. The van der Waals surface area contributed by atoms with Crippen LogP contribution in [0.3, 0.4) is 0 Å². The number of carbonyl (C=O) groups excluding carboxylic acids is 5. The number of sulfonamides is 1. The van der Waals surface area contributed by atoms with Gasteiger partial charge in [-0.2, -0.15) is 0 Å². The topological polar surface area (TPSA) is 181 Å². The number of hydrogen-bond acceptors (Lipinski definition) is 9. The third-order valence-corrected chi connectivity index (χ3v) is 12.5. The second-order valence-corrected chi connectivity index (χ2v) is 18.0. The summed E-state index contributed by atoms with van der Waals surface area (Å²) in [6.45, 7) is 5.67. The molecule has 2 saturated carbocycles. The standard InChI is InChI=1S/C35H46BrN5O9S/c1-34(2,3)50-32(45)37-27-13-8-6-4-5-7-11-22-17-35(22,31(44)39-51(47,48)24-14-15-24)38-29(42)28-16-23(19-41(28)30(27)43)49-33(46)40-18-21-10-9-12-26(36)25(21)20-40/h7,9-12,22-24,27-28H,4-6,8,13-20H2,1-3H3,(H,37,45)(H,38,42)(H,39,44)/t22-,23-,27+,28+,35-/m1/s1. The van der Waals surface area contributed by atoms with Gasteiger partial charge in [-0.1, -0.05) is 53.1 Å². The van der Waals surface area contributed by atoms with Crippen molar-refractivity contribution in [2.45, 2.75) is 126 Å². The molecular weight excluding hydrogens is 746 g/mol. The van der Waals surface area contributed by atoms with Crippen LogP contribution in [0.2, 0.25) is 0 Å². The second-order valence-electron chi connectivity index (χ2n) is 15.2. The molecule has 1 aromatic carbocycles. The van der Waals surface area contributed by atoms with Gasteiger partial charge in [0.25, 0.3) is 5.91 Å². The number of allylic oxidation sites excluding steroid dienone is 1. The first-order valence-corrected chi connectivity index (χ1v) is 20.0. The summed E-state index contributed by atoms with van der Waals surface area (Å²) in [6.07, 6.45) is 5.65. The number of nitrogens with one attached hydrogen (secondary N) is 3. The van der Waals surface area contributed by atoms with Gasteiger partial charge in [0.2, 0.25) is 21.8 Å². The maximum Gasteiger partial charge on any atom is 0.410 e. The SMILES string of the molecule is CC(C)(C)OC(=O)N[C@H]1CCCCCC=C[C@@H]2C[C@@]2(C(=O)NS(=O)(=O)C2CC2)NC(=O)[C@@H]2C[C@@H](OC(=O)N3Cc4cccc(Br)c4C3)CN2C1=O. The van der Waals surface area contributed by atoms with E-state index in [0.717, 1.165) is 28.4 Å². The fraction of sp³-hybridized carbons (Fsp3) is 0.629. The Morgan fingerprint density at radius 3 is 2.53 bits per heavy atom. The lowest BCUT2D eigenvalue weighted by Crippen LogP contribution is -2.58. The summed E-state index contributed by atoms with van der Waals surface area (Å²) in [5.74, 6) is -2.49. The number of alkyl carbamates (subject to hydrolysis) is 1. The van der Waals surface area contributed by atoms with Gasteiger partial charge in [-0.05, 0) is 76.5 Å². The summed E-state index contributed by atoms with van der Waals surface area (Å²) in [4.78, 5) is 71.3. The quantitative estimate of drug-likeness (QED) is 0.375. The van der Waals surface area contributed by atoms with Crippen molar-refractivity contribution in [1.29, 1.82) is 0 Å². The molecule has 0 unspecified atom stereocenters. The third-order valence-electron chi connectivity index (χ3n) is 9.99. The Hall–Kier alpha value is -3.66. The van der Waals surface area contributed by atoms with Crippen molar-refractivity contribution >= 4 is 55.9 Å². The van der Waals surface area contributed by atoms with Crippen LogP contribution in [0.15, 0.2) is 34.8 Å². The van der Waals surface area contributed by atoms with Crippen molar-refractivity contribution in [3.8, 4) is 0 Å². The third kappa shape index (κ3) is 8.53. The fourth-order valence-corrected chi connectivity index (χ4v) is 8.92. The average Bonchev–Trinajstić information content (AvgIpc) is 3.93. The van der Waals surface area contributed by atoms with E-state index in [9.17, 15) is 32.4 Å². The van der Waals surface area contributed by atoms with E-state index in [1.807, 2.05) is 30.4 Å². The van der Waals surface area contributed by atoms with Crippen LogP contribution in [0.25, 0.3) is 0 Å². The molecule has 1 aromatic rings. The summed E-state index contributed by atoms with van der Waals surface area (Å²) >= 11 is 3.53. The minimum absolute atomic E-state index is 0.0640. The van der Waals surface area contributed by atoms with Gasteiger partial charge in [-0.3, -0.25) is 24.0 Å². The maximum atomic E-state index is 14.3. The molecule has 0 spiro atoms. The molecule has 0 radical (unpaired) electrons. The zero-order chi connectivity index (χ0) is 36.7. The van der Waals surface area contributed by atoms with Crippen LogP contribution >= 0.6 is 15.9 Å². The molecule has 16 heteroatoms. The monoisotopic (exact) mass is 791 g/mol. The van der Waals surface area contributed by atoms with Gasteiger partial charge in [0.1, 0.15) is 29.3 Å². The van der Waals surface area contributed by atoms with E-state index in [1.54, 1.807) is 25.7 Å². The number of benzene rings is 1. The number of nitrogens with zero attached hydrogens (tertiary/aromatic N) is 2. The van der Waals surface area contributed by atoms with Gasteiger partial charge in [-0.25, -0.2) is 18.0 Å². The number of halogens is 1. The highest BCUT2D eigenvalue weighted by Crippen LogP contribution is 2.46. The molecular formula is C35H46BrN5O9S. The van der Waals surface area contributed by atoms with E-state index in [-0.39, 0.29) is 25.8 Å². The van der Waals surface area contributed by atoms with E-state index < -0.39 is 80.4 Å². The highest BCUT2D eigenvalue weighted by atomic mass is 79.9. The number of rotatable bonds is 5. The molecule has 14 nitrogen and oxygen atoms in total. The Kier molecular flexibility index (Phi) is 10.5. The zero-order valence-electron chi connectivity index (χ0n) is 29.1. The van der Waals surface area contributed by atoms with Crippen LogP contribution in [-0.2, 0) is 47.0 Å². The lowest BCUT2D eigenvalue weighted by Gasteiger charge is -2.30. The molecule has 6 rings (SSSR count). The first-order chi connectivity index (χ1) is 24.1. The predicted molar refractivity (Wildman–Crippen MR) is 188 cm³/mol. The molecule has 51 heavy (non-hydrogen) atoms. The molecule has 3 heterocycles. The molecule has 0 bridgehead atoms. The first kappa shape index (κ1) is 37.1. The van der Waals surface area contributed by atoms with Gasteiger partial charge in [-0.15, -0.1) is 0 Å². The van der Waals surface area contributed by atoms with Crippen molar-refractivity contribution in [2.75, 3.05) is 6.54 Å². The highest BCUT2D eigenvalue weighted by Gasteiger charge is 2.62. The van der Waals surface area contributed by atoms with Gasteiger partial charge in [0.15, 0.2) is 0 Å². The van der Waals surface area contributed by atoms with Gasteiger partial charge < -0.3 is 25.0 Å². The normalized spacial score (nSPS) is 28.3. The fourth-order valence-electron chi connectivity index (χ4n) is 7.02. The van der Waals surface area contributed by atoms with E-state index >= 15 is 0 Å². The van der Waals surface area contributed by atoms with E-state index in [0.29, 0.717) is 38.8 Å². The number of fused-ring (bicyclic) bond motifs is 3. The van der Waals surface area contributed by atoms with Crippen LogP contribution in [-0.4, -0.2) is 89.2 Å². The molecule has 5 amide bonds. The lowest BCUT2D eigenvalue weighted by atomic mass is 10.0. The average molecular weight is 793 g/mol. The van der Waals surface area contributed by atoms with Crippen LogP contribution in [0.4, 0.5) is 9.59 Å². The number of amides is 5. The van der Waals surface area contributed by atoms with E-state index in [1.165, 1.54) is 4.90 Å². The predicted octanol–water partition coefficient (Wildman–Crippen LogP) is 3.77. The molecule has 278 valence electrons. The van der Waals surface area contributed by atoms with Crippen molar-refractivity contribution in [2.24, 2.45) is 5.92 Å². The molecule has 1 saturated heterocycles. The lowest BCUT2D eigenvalue weighted by molar-refractivity contribution is -0.141. The van der Waals surface area contributed by atoms with Crippen molar-refractivity contribution in [3.05, 3.63) is 46.0 Å². The molecule has 5 aliphatic rings. The Morgan fingerprint density at radius 2 is 1.82 bits per heavy atom. The van der Waals surface area contributed by atoms with Crippen LogP contribution in [0.5, 0.6) is 0 Å². The van der Waals surface area contributed by atoms with Crippen LogP contribution in [0.1, 0.15) is 89.7 Å². The minimum atomic E-state index is -3.90. The zero-order valence-corrected chi connectivity index (χ0v) is 31.5. The number of hydrogen-bond donors (Lipinski definition) is 3. The maximum absolute atomic E-state index is 14.3. The van der Waals surface area contributed by atoms with Crippen molar-refractivity contribution in [3.63, 3.8) is 0 Å². The van der Waals surface area contributed by atoms with Crippen LogP contribution in [0, 0.1) is 5.92 Å². The van der Waals surface area contributed by atoms with Gasteiger partial charge >= 0.3 is 12.2 Å². The molecule has 3 fully saturated rings. The second kappa shape index (κ2) is 14.4. The summed E-state index contributed by atoms with van der Waals surface area (Å²) < 4.78 is 39.9. The molecule has 3 N–H and O–H groups in total. The van der Waals surface area contributed by atoms with E-state index in [4.69, 9.17) is 9.47 Å². The highest BCUT2D eigenvalue weighted by molar-refractivity contribution is 9.10. The Balaban J connectivity index is 1.25. The smallest absolute Gasteiger partial charge is 0.410 e. The summed E-state index contributed by atoms with van der Waals surface area (Å²) in [7, 11) is -3.90. The summed E-state index contributed by atoms with van der Waals surface area (Å²) in [5.41, 5.74) is -0.393. The van der Waals surface area contributed by atoms with Crippen LogP contribution < -0.4 is 15.4 Å². The number of ether oxygens (including phenoxy) is 2. The molecule has 2 aliphatic carbocycles. The van der Waals surface area contributed by atoms with Crippen molar-refractivity contribution in [1.82, 2.24) is 25.2 Å². The van der Waals surface area contributed by atoms with E-state index in [2.05, 4.69) is 31.3 Å². The Labute approximate surface area is 306 Å².